The highest BCUT2D eigenvalue weighted by atomic mass is 16.5. The van der Waals surface area contributed by atoms with Gasteiger partial charge in [-0.3, -0.25) is 4.79 Å². The first-order valence-electron chi connectivity index (χ1n) is 7.45. The van der Waals surface area contributed by atoms with Crippen LogP contribution in [0, 0.1) is 6.92 Å². The molecular formula is C16H26N2O3. The van der Waals surface area contributed by atoms with E-state index in [4.69, 9.17) is 15.2 Å². The average molecular weight is 294 g/mol. The molecule has 5 nitrogen and oxygen atoms in total. The Hall–Kier alpha value is -1.59. The third kappa shape index (κ3) is 7.68. The molecule has 0 radical (unpaired) electrons. The van der Waals surface area contributed by atoms with Crippen molar-refractivity contribution in [3.8, 4) is 0 Å². The van der Waals surface area contributed by atoms with Gasteiger partial charge in [0.25, 0.3) is 0 Å². The lowest BCUT2D eigenvalue weighted by Crippen LogP contribution is -2.14. The molecular weight excluding hydrogens is 268 g/mol. The number of aryl methyl sites for hydroxylation is 1. The number of hydrogen-bond donors (Lipinski definition) is 2. The van der Waals surface area contributed by atoms with Gasteiger partial charge >= 0.3 is 0 Å². The Morgan fingerprint density at radius 3 is 2.57 bits per heavy atom. The number of benzene rings is 1. The van der Waals surface area contributed by atoms with Crippen molar-refractivity contribution in [2.75, 3.05) is 37.5 Å². The normalized spacial score (nSPS) is 10.6. The predicted octanol–water partition coefficient (Wildman–Crippen LogP) is 2.74. The zero-order valence-corrected chi connectivity index (χ0v) is 13.0. The van der Waals surface area contributed by atoms with Gasteiger partial charge in [0.15, 0.2) is 0 Å². The largest absolute Gasteiger partial charge is 0.399 e. The maximum atomic E-state index is 11.8. The first-order chi connectivity index (χ1) is 10.1. The number of rotatable bonds is 10. The molecule has 1 rings (SSSR count). The minimum absolute atomic E-state index is 0.00583. The number of carbonyl (C=O) groups is 1. The van der Waals surface area contributed by atoms with Gasteiger partial charge in [0, 0.05) is 31.0 Å². The van der Waals surface area contributed by atoms with Crippen LogP contribution in [0.2, 0.25) is 0 Å². The molecule has 3 N–H and O–H groups in total. The molecule has 0 heterocycles. The van der Waals surface area contributed by atoms with E-state index in [2.05, 4.69) is 12.2 Å². The number of amides is 1. The highest BCUT2D eigenvalue weighted by Gasteiger charge is 2.04. The van der Waals surface area contributed by atoms with Crippen LogP contribution in [0.4, 0.5) is 11.4 Å². The smallest absolute Gasteiger partial charge is 0.224 e. The second-order valence-corrected chi connectivity index (χ2v) is 4.95. The van der Waals surface area contributed by atoms with Gasteiger partial charge in [-0.1, -0.05) is 6.92 Å². The lowest BCUT2D eigenvalue weighted by Gasteiger charge is -2.09. The van der Waals surface area contributed by atoms with Crippen LogP contribution in [0.25, 0.3) is 0 Å². The maximum absolute atomic E-state index is 11.8. The third-order valence-corrected chi connectivity index (χ3v) is 2.94. The number of hydrogen-bond acceptors (Lipinski definition) is 4. The molecule has 0 aliphatic heterocycles. The fourth-order valence-electron chi connectivity index (χ4n) is 1.84. The summed E-state index contributed by atoms with van der Waals surface area (Å²) in [6, 6.07) is 5.45. The zero-order valence-electron chi connectivity index (χ0n) is 13.0. The summed E-state index contributed by atoms with van der Waals surface area (Å²) >= 11 is 0. The molecule has 0 aromatic heterocycles. The first-order valence-corrected chi connectivity index (χ1v) is 7.45. The molecule has 1 aromatic carbocycles. The van der Waals surface area contributed by atoms with Crippen LogP contribution < -0.4 is 11.1 Å². The van der Waals surface area contributed by atoms with Gasteiger partial charge in [-0.05, 0) is 43.5 Å². The predicted molar refractivity (Wildman–Crippen MR) is 85.4 cm³/mol. The second kappa shape index (κ2) is 10.2. The topological polar surface area (TPSA) is 73.6 Å². The molecule has 1 aromatic rings. The zero-order chi connectivity index (χ0) is 15.5. The van der Waals surface area contributed by atoms with Crippen molar-refractivity contribution in [2.24, 2.45) is 0 Å². The number of nitrogens with one attached hydrogen (secondary N) is 1. The SMILES string of the molecule is CCCOCCOCCCC(=O)Nc1ccc(N)cc1C. The molecule has 0 saturated heterocycles. The van der Waals surface area contributed by atoms with Crippen molar-refractivity contribution in [1.29, 1.82) is 0 Å². The Morgan fingerprint density at radius 2 is 1.90 bits per heavy atom. The van der Waals surface area contributed by atoms with Gasteiger partial charge < -0.3 is 20.5 Å². The lowest BCUT2D eigenvalue weighted by atomic mass is 10.1. The Morgan fingerprint density at radius 1 is 1.19 bits per heavy atom. The highest BCUT2D eigenvalue weighted by Crippen LogP contribution is 2.17. The van der Waals surface area contributed by atoms with Crippen LogP contribution in [-0.4, -0.2) is 32.3 Å². The average Bonchev–Trinajstić information content (AvgIpc) is 2.45. The van der Waals surface area contributed by atoms with Gasteiger partial charge in [0.1, 0.15) is 0 Å². The number of anilines is 2. The minimum Gasteiger partial charge on any atom is -0.399 e. The summed E-state index contributed by atoms with van der Waals surface area (Å²) in [5, 5.41) is 2.88. The Balaban J connectivity index is 2.11. The van der Waals surface area contributed by atoms with Gasteiger partial charge in [-0.2, -0.15) is 0 Å². The molecule has 0 fully saturated rings. The van der Waals surface area contributed by atoms with E-state index in [1.807, 2.05) is 19.1 Å². The molecule has 118 valence electrons. The van der Waals surface area contributed by atoms with E-state index in [9.17, 15) is 4.79 Å². The van der Waals surface area contributed by atoms with Crippen LogP contribution in [0.1, 0.15) is 31.7 Å². The molecule has 0 aliphatic carbocycles. The molecule has 0 unspecified atom stereocenters. The summed E-state index contributed by atoms with van der Waals surface area (Å²) in [4.78, 5) is 11.8. The van der Waals surface area contributed by atoms with Gasteiger partial charge in [0.05, 0.1) is 13.2 Å². The van der Waals surface area contributed by atoms with E-state index in [0.29, 0.717) is 38.3 Å². The van der Waals surface area contributed by atoms with Gasteiger partial charge in [-0.25, -0.2) is 0 Å². The molecule has 5 heteroatoms. The van der Waals surface area contributed by atoms with E-state index in [0.717, 1.165) is 24.3 Å². The molecule has 0 aliphatic rings. The Kier molecular flexibility index (Phi) is 8.47. The summed E-state index contributed by atoms with van der Waals surface area (Å²) in [6.07, 6.45) is 2.16. The van der Waals surface area contributed by atoms with E-state index in [1.54, 1.807) is 6.07 Å². The molecule has 0 spiro atoms. The molecule has 21 heavy (non-hydrogen) atoms. The summed E-state index contributed by atoms with van der Waals surface area (Å²) in [7, 11) is 0. The fraction of sp³-hybridized carbons (Fsp3) is 0.562. The highest BCUT2D eigenvalue weighted by molar-refractivity contribution is 5.91. The van der Waals surface area contributed by atoms with E-state index >= 15 is 0 Å². The van der Waals surface area contributed by atoms with Crippen molar-refractivity contribution in [2.45, 2.75) is 33.1 Å². The summed E-state index contributed by atoms with van der Waals surface area (Å²) < 4.78 is 10.7. The standard InChI is InChI=1S/C16H26N2O3/c1-3-8-20-10-11-21-9-4-5-16(19)18-15-7-6-14(17)12-13(15)2/h6-7,12H,3-5,8-11,17H2,1-2H3,(H,18,19). The summed E-state index contributed by atoms with van der Waals surface area (Å²) in [6.45, 7) is 6.54. The van der Waals surface area contributed by atoms with Gasteiger partial charge in [-0.15, -0.1) is 0 Å². The first kappa shape index (κ1) is 17.5. The van der Waals surface area contributed by atoms with E-state index < -0.39 is 0 Å². The monoisotopic (exact) mass is 294 g/mol. The molecule has 0 atom stereocenters. The van der Waals surface area contributed by atoms with Crippen molar-refractivity contribution >= 4 is 17.3 Å². The molecule has 1 amide bonds. The van der Waals surface area contributed by atoms with Gasteiger partial charge in [0.2, 0.25) is 5.91 Å². The molecule has 0 saturated carbocycles. The van der Waals surface area contributed by atoms with Crippen molar-refractivity contribution in [3.63, 3.8) is 0 Å². The van der Waals surface area contributed by atoms with E-state index in [-0.39, 0.29) is 5.91 Å². The minimum atomic E-state index is -0.00583. The molecule has 0 bridgehead atoms. The second-order valence-electron chi connectivity index (χ2n) is 4.95. The third-order valence-electron chi connectivity index (χ3n) is 2.94. The van der Waals surface area contributed by atoms with Crippen molar-refractivity contribution < 1.29 is 14.3 Å². The van der Waals surface area contributed by atoms with Crippen LogP contribution in [0.5, 0.6) is 0 Å². The van der Waals surface area contributed by atoms with Crippen molar-refractivity contribution in [3.05, 3.63) is 23.8 Å². The number of ether oxygens (including phenoxy) is 2. The maximum Gasteiger partial charge on any atom is 0.224 e. The number of carbonyl (C=O) groups excluding carboxylic acids is 1. The summed E-state index contributed by atoms with van der Waals surface area (Å²) in [5.41, 5.74) is 8.15. The summed E-state index contributed by atoms with van der Waals surface area (Å²) in [5.74, 6) is -0.00583. The quantitative estimate of drug-likeness (QED) is 0.514. The lowest BCUT2D eigenvalue weighted by molar-refractivity contribution is -0.116. The van der Waals surface area contributed by atoms with Crippen LogP contribution >= 0.6 is 0 Å². The van der Waals surface area contributed by atoms with Crippen LogP contribution in [0.3, 0.4) is 0 Å². The number of nitrogens with two attached hydrogens (primary N) is 1. The Bertz CT molecular complexity index is 436. The fourth-order valence-corrected chi connectivity index (χ4v) is 1.84. The number of nitrogen functional groups attached to an aromatic ring is 1. The Labute approximate surface area is 126 Å². The van der Waals surface area contributed by atoms with E-state index in [1.165, 1.54) is 0 Å². The van der Waals surface area contributed by atoms with Crippen LogP contribution in [0.15, 0.2) is 18.2 Å². The van der Waals surface area contributed by atoms with Crippen LogP contribution in [-0.2, 0) is 14.3 Å². The van der Waals surface area contributed by atoms with Crippen molar-refractivity contribution in [1.82, 2.24) is 0 Å².